The maximum absolute atomic E-state index is 12.2. The van der Waals surface area contributed by atoms with Crippen LogP contribution in [0.5, 0.6) is 0 Å². The van der Waals surface area contributed by atoms with E-state index >= 15 is 0 Å². The molecule has 0 aliphatic carbocycles. The first-order valence-corrected chi connectivity index (χ1v) is 7.26. The van der Waals surface area contributed by atoms with Crippen LogP contribution < -0.4 is 10.5 Å². The van der Waals surface area contributed by atoms with E-state index in [1.807, 2.05) is 6.92 Å². The number of aryl methyl sites for hydroxylation is 1. The van der Waals surface area contributed by atoms with Gasteiger partial charge in [0.2, 0.25) is 0 Å². The van der Waals surface area contributed by atoms with Crippen molar-refractivity contribution in [2.24, 2.45) is 0 Å². The van der Waals surface area contributed by atoms with Gasteiger partial charge in [0.1, 0.15) is 0 Å². The van der Waals surface area contributed by atoms with Crippen molar-refractivity contribution in [1.29, 1.82) is 0 Å². The van der Waals surface area contributed by atoms with E-state index in [0.717, 1.165) is 5.56 Å². The number of nitrogens with one attached hydrogen (secondary N) is 1. The Labute approximate surface area is 116 Å². The van der Waals surface area contributed by atoms with Crippen molar-refractivity contribution in [2.75, 3.05) is 10.5 Å². The fourth-order valence-electron chi connectivity index (χ4n) is 1.54. The van der Waals surface area contributed by atoms with Crippen LogP contribution >= 0.6 is 11.6 Å². The molecule has 0 radical (unpaired) electrons. The number of benzene rings is 1. The molecule has 0 unspecified atom stereocenters. The third kappa shape index (κ3) is 2.97. The highest BCUT2D eigenvalue weighted by atomic mass is 35.5. The Bertz CT molecular complexity index is 717. The molecular formula is C12H12ClN3O2S. The normalized spacial score (nSPS) is 11.3. The molecular weight excluding hydrogens is 286 g/mol. The number of nitrogen functional groups attached to an aromatic ring is 1. The Kier molecular flexibility index (Phi) is 3.64. The van der Waals surface area contributed by atoms with E-state index in [-0.39, 0.29) is 10.7 Å². The van der Waals surface area contributed by atoms with Gasteiger partial charge in [0.05, 0.1) is 16.4 Å². The molecule has 1 aromatic heterocycles. The first kappa shape index (κ1) is 13.6. The lowest BCUT2D eigenvalue weighted by atomic mass is 10.2. The van der Waals surface area contributed by atoms with Crippen molar-refractivity contribution in [3.8, 4) is 0 Å². The van der Waals surface area contributed by atoms with E-state index in [4.69, 9.17) is 17.3 Å². The van der Waals surface area contributed by atoms with Crippen LogP contribution in [0.1, 0.15) is 5.56 Å². The minimum Gasteiger partial charge on any atom is -0.396 e. The summed E-state index contributed by atoms with van der Waals surface area (Å²) in [5.41, 5.74) is 6.88. The highest BCUT2D eigenvalue weighted by molar-refractivity contribution is 7.92. The molecule has 1 heterocycles. The van der Waals surface area contributed by atoms with Crippen molar-refractivity contribution in [1.82, 2.24) is 4.98 Å². The Morgan fingerprint density at radius 2 is 2.05 bits per heavy atom. The quantitative estimate of drug-likeness (QED) is 0.911. The largest absolute Gasteiger partial charge is 0.396 e. The average Bonchev–Trinajstić information content (AvgIpc) is 2.34. The number of halogens is 1. The lowest BCUT2D eigenvalue weighted by Gasteiger charge is -2.10. The fourth-order valence-corrected chi connectivity index (χ4v) is 2.89. The Hall–Kier alpha value is -1.79. The van der Waals surface area contributed by atoms with Gasteiger partial charge in [-0.25, -0.2) is 4.98 Å². The van der Waals surface area contributed by atoms with Gasteiger partial charge in [-0.2, -0.15) is 8.42 Å². The van der Waals surface area contributed by atoms with Crippen LogP contribution in [0.25, 0.3) is 0 Å². The van der Waals surface area contributed by atoms with Crippen LogP contribution in [0.4, 0.5) is 11.4 Å². The Balaban J connectivity index is 2.43. The second-order valence-corrected chi connectivity index (χ2v) is 5.99. The highest BCUT2D eigenvalue weighted by Crippen LogP contribution is 2.26. The van der Waals surface area contributed by atoms with Gasteiger partial charge in [0.15, 0.2) is 5.03 Å². The summed E-state index contributed by atoms with van der Waals surface area (Å²) in [5, 5.41) is 0.0938. The molecule has 0 saturated heterocycles. The highest BCUT2D eigenvalue weighted by Gasteiger charge is 2.20. The van der Waals surface area contributed by atoms with Gasteiger partial charge in [0, 0.05) is 6.20 Å². The van der Waals surface area contributed by atoms with Crippen molar-refractivity contribution in [3.05, 3.63) is 47.1 Å². The van der Waals surface area contributed by atoms with Crippen LogP contribution in [0.2, 0.25) is 5.02 Å². The molecule has 0 aliphatic heterocycles. The molecule has 7 heteroatoms. The van der Waals surface area contributed by atoms with E-state index < -0.39 is 10.0 Å². The fraction of sp³-hybridized carbons (Fsp3) is 0.0833. The number of sulfonamides is 1. The Morgan fingerprint density at radius 3 is 2.74 bits per heavy atom. The number of nitrogens with two attached hydrogens (primary N) is 1. The molecule has 2 aromatic rings. The number of pyridine rings is 1. The van der Waals surface area contributed by atoms with Gasteiger partial charge in [-0.1, -0.05) is 17.7 Å². The van der Waals surface area contributed by atoms with Crippen molar-refractivity contribution < 1.29 is 8.42 Å². The predicted molar refractivity (Wildman–Crippen MR) is 75.6 cm³/mol. The van der Waals surface area contributed by atoms with Gasteiger partial charge in [-0.3, -0.25) is 4.72 Å². The summed E-state index contributed by atoms with van der Waals surface area (Å²) in [6.45, 7) is 1.84. The predicted octanol–water partition coefficient (Wildman–Crippen LogP) is 2.43. The minimum atomic E-state index is -3.85. The number of anilines is 2. The smallest absolute Gasteiger partial charge is 0.281 e. The summed E-state index contributed by atoms with van der Waals surface area (Å²) in [4.78, 5) is 3.78. The molecule has 1 aromatic carbocycles. The first-order chi connectivity index (χ1) is 8.90. The molecule has 0 aliphatic rings. The van der Waals surface area contributed by atoms with Crippen LogP contribution in [0.15, 0.2) is 41.6 Å². The first-order valence-electron chi connectivity index (χ1n) is 5.39. The third-order valence-electron chi connectivity index (χ3n) is 2.42. The second kappa shape index (κ2) is 5.07. The monoisotopic (exact) mass is 297 g/mol. The summed E-state index contributed by atoms with van der Waals surface area (Å²) < 4.78 is 26.7. The standard InChI is InChI=1S/C12H12ClN3O2S/c1-8-4-5-9(13)11(7-8)16-19(17,18)12-10(14)3-2-6-15-12/h2-7,16H,14H2,1H3. The maximum Gasteiger partial charge on any atom is 0.281 e. The van der Waals surface area contributed by atoms with Crippen molar-refractivity contribution in [2.45, 2.75) is 11.9 Å². The average molecular weight is 298 g/mol. The number of hydrogen-bond acceptors (Lipinski definition) is 4. The number of aromatic nitrogens is 1. The lowest BCUT2D eigenvalue weighted by Crippen LogP contribution is -2.16. The number of hydrogen-bond donors (Lipinski definition) is 2. The summed E-state index contributed by atoms with van der Waals surface area (Å²) in [6.07, 6.45) is 1.36. The summed E-state index contributed by atoms with van der Waals surface area (Å²) in [6, 6.07) is 8.08. The second-order valence-electron chi connectivity index (χ2n) is 3.99. The molecule has 0 atom stereocenters. The van der Waals surface area contributed by atoms with Crippen LogP contribution in [0.3, 0.4) is 0 Å². The zero-order valence-corrected chi connectivity index (χ0v) is 11.7. The molecule has 100 valence electrons. The number of nitrogens with zero attached hydrogens (tertiary/aromatic N) is 1. The van der Waals surface area contributed by atoms with Gasteiger partial charge in [-0.05, 0) is 36.8 Å². The minimum absolute atomic E-state index is 0.0822. The summed E-state index contributed by atoms with van der Waals surface area (Å²) in [7, 11) is -3.85. The van der Waals surface area contributed by atoms with Gasteiger partial charge in [-0.15, -0.1) is 0 Å². The molecule has 2 rings (SSSR count). The maximum atomic E-state index is 12.2. The van der Waals surface area contributed by atoms with Crippen molar-refractivity contribution >= 4 is 33.0 Å². The molecule has 0 spiro atoms. The van der Waals surface area contributed by atoms with Crippen LogP contribution in [-0.2, 0) is 10.0 Å². The van der Waals surface area contributed by atoms with E-state index in [0.29, 0.717) is 10.7 Å². The summed E-state index contributed by atoms with van der Waals surface area (Å²) >= 11 is 5.95. The molecule has 0 saturated carbocycles. The topological polar surface area (TPSA) is 85.1 Å². The molecule has 0 amide bonds. The van der Waals surface area contributed by atoms with Gasteiger partial charge >= 0.3 is 0 Å². The zero-order chi connectivity index (χ0) is 14.0. The van der Waals surface area contributed by atoms with Gasteiger partial charge < -0.3 is 5.73 Å². The van der Waals surface area contributed by atoms with Gasteiger partial charge in [0.25, 0.3) is 10.0 Å². The molecule has 3 N–H and O–H groups in total. The number of rotatable bonds is 3. The van der Waals surface area contributed by atoms with E-state index in [1.165, 1.54) is 12.3 Å². The molecule has 0 bridgehead atoms. The molecule has 0 fully saturated rings. The Morgan fingerprint density at radius 1 is 1.32 bits per heavy atom. The third-order valence-corrected chi connectivity index (χ3v) is 4.09. The molecule has 19 heavy (non-hydrogen) atoms. The van der Waals surface area contributed by atoms with E-state index in [2.05, 4.69) is 9.71 Å². The van der Waals surface area contributed by atoms with E-state index in [9.17, 15) is 8.42 Å². The van der Waals surface area contributed by atoms with E-state index in [1.54, 1.807) is 24.3 Å². The zero-order valence-electron chi connectivity index (χ0n) is 10.1. The van der Waals surface area contributed by atoms with Crippen molar-refractivity contribution in [3.63, 3.8) is 0 Å². The summed E-state index contributed by atoms with van der Waals surface area (Å²) in [5.74, 6) is 0. The lowest BCUT2D eigenvalue weighted by molar-refractivity contribution is 0.598. The van der Waals surface area contributed by atoms with Crippen LogP contribution in [0, 0.1) is 6.92 Å². The van der Waals surface area contributed by atoms with Crippen LogP contribution in [-0.4, -0.2) is 13.4 Å². The SMILES string of the molecule is Cc1ccc(Cl)c(NS(=O)(=O)c2ncccc2N)c1. The molecule has 5 nitrogen and oxygen atoms in total.